The highest BCUT2D eigenvalue weighted by atomic mass is 32.2. The highest BCUT2D eigenvalue weighted by Crippen LogP contribution is 2.34. The van der Waals surface area contributed by atoms with Crippen LogP contribution in [0.1, 0.15) is 25.0 Å². The van der Waals surface area contributed by atoms with Crippen molar-refractivity contribution in [3.8, 4) is 0 Å². The smallest absolute Gasteiger partial charge is 0.264 e. The standard InChI is InChI=1S/C19H22N2O3S/c1-13(2)19(22)20-16-6-9-18-15(12-16)10-11-21(18)25(23,24)17-7-4-14(3)5-8-17/h4-9,12-13H,10-11H2,1-3H3,(H,20,22). The van der Waals surface area contributed by atoms with Gasteiger partial charge in [0.2, 0.25) is 5.91 Å². The first-order valence-electron chi connectivity index (χ1n) is 8.32. The summed E-state index contributed by atoms with van der Waals surface area (Å²) >= 11 is 0. The van der Waals surface area contributed by atoms with Crippen molar-refractivity contribution in [1.82, 2.24) is 0 Å². The molecule has 132 valence electrons. The van der Waals surface area contributed by atoms with Crippen LogP contribution in [0.3, 0.4) is 0 Å². The molecule has 0 bridgehead atoms. The number of hydrogen-bond acceptors (Lipinski definition) is 3. The molecule has 0 spiro atoms. The number of nitrogens with zero attached hydrogens (tertiary/aromatic N) is 1. The van der Waals surface area contributed by atoms with E-state index in [1.807, 2.05) is 26.8 Å². The Bertz CT molecular complexity index is 903. The minimum Gasteiger partial charge on any atom is -0.326 e. The Morgan fingerprint density at radius 2 is 1.80 bits per heavy atom. The summed E-state index contributed by atoms with van der Waals surface area (Å²) in [7, 11) is -3.57. The fraction of sp³-hybridized carbons (Fsp3) is 0.316. The molecular weight excluding hydrogens is 336 g/mol. The lowest BCUT2D eigenvalue weighted by atomic mass is 10.1. The molecule has 0 saturated heterocycles. The van der Waals surface area contributed by atoms with Crippen molar-refractivity contribution >= 4 is 27.3 Å². The second-order valence-electron chi connectivity index (χ2n) is 6.63. The molecule has 5 nitrogen and oxygen atoms in total. The van der Waals surface area contributed by atoms with Crippen LogP contribution in [0.25, 0.3) is 0 Å². The normalized spacial score (nSPS) is 13.8. The Labute approximate surface area is 148 Å². The van der Waals surface area contributed by atoms with Gasteiger partial charge in [0.15, 0.2) is 0 Å². The maximum atomic E-state index is 12.9. The van der Waals surface area contributed by atoms with E-state index in [0.29, 0.717) is 29.2 Å². The molecule has 0 fully saturated rings. The van der Waals surface area contributed by atoms with Crippen molar-refractivity contribution in [3.05, 3.63) is 53.6 Å². The number of fused-ring (bicyclic) bond motifs is 1. The van der Waals surface area contributed by atoms with Gasteiger partial charge in [-0.15, -0.1) is 0 Å². The zero-order valence-electron chi connectivity index (χ0n) is 14.6. The van der Waals surface area contributed by atoms with Gasteiger partial charge < -0.3 is 5.32 Å². The molecule has 6 heteroatoms. The number of anilines is 2. The summed E-state index contributed by atoms with van der Waals surface area (Å²) in [6.07, 6.45) is 0.631. The van der Waals surface area contributed by atoms with E-state index in [9.17, 15) is 13.2 Å². The van der Waals surface area contributed by atoms with Gasteiger partial charge in [-0.25, -0.2) is 8.42 Å². The highest BCUT2D eigenvalue weighted by Gasteiger charge is 2.31. The van der Waals surface area contributed by atoms with E-state index in [-0.39, 0.29) is 11.8 Å². The maximum absolute atomic E-state index is 12.9. The lowest BCUT2D eigenvalue weighted by Crippen LogP contribution is -2.29. The molecule has 0 saturated carbocycles. The van der Waals surface area contributed by atoms with Crippen molar-refractivity contribution in [2.75, 3.05) is 16.2 Å². The molecule has 2 aromatic rings. The number of carbonyl (C=O) groups excluding carboxylic acids is 1. The average Bonchev–Trinajstić information content (AvgIpc) is 2.99. The highest BCUT2D eigenvalue weighted by molar-refractivity contribution is 7.92. The minimum atomic E-state index is -3.57. The molecular formula is C19H22N2O3S. The van der Waals surface area contributed by atoms with Gasteiger partial charge in [0.05, 0.1) is 10.6 Å². The van der Waals surface area contributed by atoms with Crippen molar-refractivity contribution in [3.63, 3.8) is 0 Å². The van der Waals surface area contributed by atoms with Gasteiger partial charge in [0.25, 0.3) is 10.0 Å². The van der Waals surface area contributed by atoms with Crippen LogP contribution in [-0.4, -0.2) is 20.9 Å². The molecule has 0 aliphatic carbocycles. The molecule has 0 unspecified atom stereocenters. The third kappa shape index (κ3) is 3.39. The van der Waals surface area contributed by atoms with Crippen molar-refractivity contribution in [2.24, 2.45) is 5.92 Å². The van der Waals surface area contributed by atoms with Crippen LogP contribution in [0, 0.1) is 12.8 Å². The summed E-state index contributed by atoms with van der Waals surface area (Å²) in [5.41, 5.74) is 3.33. The number of carbonyl (C=O) groups is 1. The molecule has 1 aliphatic heterocycles. The van der Waals surface area contributed by atoms with Crippen LogP contribution in [0.2, 0.25) is 0 Å². The molecule has 3 rings (SSSR count). The molecule has 0 radical (unpaired) electrons. The van der Waals surface area contributed by atoms with Crippen LogP contribution in [0.15, 0.2) is 47.4 Å². The molecule has 1 aliphatic rings. The Morgan fingerprint density at radius 1 is 1.12 bits per heavy atom. The summed E-state index contributed by atoms with van der Waals surface area (Å²) in [4.78, 5) is 12.1. The van der Waals surface area contributed by atoms with E-state index in [2.05, 4.69) is 5.32 Å². The third-order valence-corrected chi connectivity index (χ3v) is 6.16. The van der Waals surface area contributed by atoms with Gasteiger partial charge in [0, 0.05) is 18.2 Å². The number of nitrogens with one attached hydrogen (secondary N) is 1. The topological polar surface area (TPSA) is 66.5 Å². The van der Waals surface area contributed by atoms with Gasteiger partial charge in [-0.3, -0.25) is 9.10 Å². The summed E-state index contributed by atoms with van der Waals surface area (Å²) < 4.78 is 27.3. The second kappa shape index (κ2) is 6.52. The molecule has 25 heavy (non-hydrogen) atoms. The maximum Gasteiger partial charge on any atom is 0.264 e. The number of amides is 1. The number of rotatable bonds is 4. The van der Waals surface area contributed by atoms with Crippen LogP contribution in [0.4, 0.5) is 11.4 Å². The van der Waals surface area contributed by atoms with E-state index >= 15 is 0 Å². The molecule has 0 atom stereocenters. The molecule has 2 aromatic carbocycles. The van der Waals surface area contributed by atoms with E-state index in [1.165, 1.54) is 4.31 Å². The average molecular weight is 358 g/mol. The molecule has 0 aromatic heterocycles. The minimum absolute atomic E-state index is 0.0536. The molecule has 1 amide bonds. The second-order valence-corrected chi connectivity index (χ2v) is 8.49. The zero-order chi connectivity index (χ0) is 18.2. The first-order valence-corrected chi connectivity index (χ1v) is 9.76. The Morgan fingerprint density at radius 3 is 2.44 bits per heavy atom. The van der Waals surface area contributed by atoms with E-state index in [0.717, 1.165) is 11.1 Å². The van der Waals surface area contributed by atoms with Gasteiger partial charge in [-0.2, -0.15) is 0 Å². The van der Waals surface area contributed by atoms with Crippen molar-refractivity contribution < 1.29 is 13.2 Å². The number of sulfonamides is 1. The molecule has 1 N–H and O–H groups in total. The zero-order valence-corrected chi connectivity index (χ0v) is 15.4. The predicted molar refractivity (Wildman–Crippen MR) is 99.3 cm³/mol. The van der Waals surface area contributed by atoms with Crippen LogP contribution < -0.4 is 9.62 Å². The van der Waals surface area contributed by atoms with Gasteiger partial charge in [-0.1, -0.05) is 31.5 Å². The Hall–Kier alpha value is -2.34. The fourth-order valence-electron chi connectivity index (χ4n) is 2.82. The van der Waals surface area contributed by atoms with E-state index < -0.39 is 10.0 Å². The lowest BCUT2D eigenvalue weighted by Gasteiger charge is -2.20. The van der Waals surface area contributed by atoms with Crippen LogP contribution >= 0.6 is 0 Å². The fourth-order valence-corrected chi connectivity index (χ4v) is 4.33. The summed E-state index contributed by atoms with van der Waals surface area (Å²) in [5.74, 6) is -0.159. The Kier molecular flexibility index (Phi) is 4.56. The predicted octanol–water partition coefficient (Wildman–Crippen LogP) is 3.34. The van der Waals surface area contributed by atoms with Crippen molar-refractivity contribution in [2.45, 2.75) is 32.1 Å². The first-order chi connectivity index (χ1) is 11.8. The first kappa shape index (κ1) is 17.5. The van der Waals surface area contributed by atoms with Crippen LogP contribution in [0.5, 0.6) is 0 Å². The van der Waals surface area contributed by atoms with Gasteiger partial charge in [0.1, 0.15) is 0 Å². The largest absolute Gasteiger partial charge is 0.326 e. The number of hydrogen-bond donors (Lipinski definition) is 1. The summed E-state index contributed by atoms with van der Waals surface area (Å²) in [6, 6.07) is 12.3. The SMILES string of the molecule is Cc1ccc(S(=O)(=O)N2CCc3cc(NC(=O)C(C)C)ccc32)cc1. The summed E-state index contributed by atoms with van der Waals surface area (Å²) in [6.45, 7) is 6.00. The van der Waals surface area contributed by atoms with Gasteiger partial charge >= 0.3 is 0 Å². The molecule has 1 heterocycles. The van der Waals surface area contributed by atoms with Crippen molar-refractivity contribution in [1.29, 1.82) is 0 Å². The monoisotopic (exact) mass is 358 g/mol. The lowest BCUT2D eigenvalue weighted by molar-refractivity contribution is -0.118. The van der Waals surface area contributed by atoms with Gasteiger partial charge in [-0.05, 0) is 49.2 Å². The van der Waals surface area contributed by atoms with Crippen LogP contribution in [-0.2, 0) is 21.2 Å². The quantitative estimate of drug-likeness (QED) is 0.911. The van der Waals surface area contributed by atoms with E-state index in [1.54, 1.807) is 36.4 Å². The number of aryl methyl sites for hydroxylation is 1. The van der Waals surface area contributed by atoms with E-state index in [4.69, 9.17) is 0 Å². The third-order valence-electron chi connectivity index (χ3n) is 4.33. The number of benzene rings is 2. The Balaban J connectivity index is 1.89. The summed E-state index contributed by atoms with van der Waals surface area (Å²) in [5, 5.41) is 2.86.